The molecule has 5 nitrogen and oxygen atoms in total. The van der Waals surface area contributed by atoms with Crippen molar-refractivity contribution in [3.63, 3.8) is 0 Å². The van der Waals surface area contributed by atoms with Crippen molar-refractivity contribution in [3.8, 4) is 0 Å². The van der Waals surface area contributed by atoms with E-state index < -0.39 is 23.9 Å². The number of nitrogens with zero attached hydrogens (tertiary/aromatic N) is 1. The van der Waals surface area contributed by atoms with Crippen LogP contribution in [0.15, 0.2) is 18.2 Å². The molecule has 1 unspecified atom stereocenters. The van der Waals surface area contributed by atoms with E-state index in [0.29, 0.717) is 0 Å². The minimum Gasteiger partial charge on any atom is -0.467 e. The Morgan fingerprint density at radius 1 is 1.50 bits per heavy atom. The molecule has 16 heavy (non-hydrogen) atoms. The molecule has 1 N–H and O–H groups in total. The number of aromatic nitrogens is 1. The van der Waals surface area contributed by atoms with Gasteiger partial charge in [0.05, 0.1) is 7.11 Å². The van der Waals surface area contributed by atoms with Crippen molar-refractivity contribution in [2.45, 2.75) is 13.0 Å². The molecule has 6 heteroatoms. The fourth-order valence-electron chi connectivity index (χ4n) is 1.04. The van der Waals surface area contributed by atoms with Gasteiger partial charge in [-0.2, -0.15) is 4.39 Å². The average Bonchev–Trinajstić information content (AvgIpc) is 2.27. The predicted molar refractivity (Wildman–Crippen MR) is 53.1 cm³/mol. The first-order valence-electron chi connectivity index (χ1n) is 4.56. The molecule has 0 spiro atoms. The highest BCUT2D eigenvalue weighted by molar-refractivity contribution is 5.94. The second kappa shape index (κ2) is 5.20. The lowest BCUT2D eigenvalue weighted by atomic mass is 10.3. The second-order valence-electron chi connectivity index (χ2n) is 3.06. The molecule has 0 saturated carbocycles. The van der Waals surface area contributed by atoms with Crippen LogP contribution in [0.25, 0.3) is 0 Å². The summed E-state index contributed by atoms with van der Waals surface area (Å²) in [5.41, 5.74) is -0.0873. The third kappa shape index (κ3) is 3.01. The van der Waals surface area contributed by atoms with E-state index in [1.165, 1.54) is 26.2 Å². The summed E-state index contributed by atoms with van der Waals surface area (Å²) in [5.74, 6) is -1.96. The van der Waals surface area contributed by atoms with Crippen molar-refractivity contribution in [2.24, 2.45) is 0 Å². The summed E-state index contributed by atoms with van der Waals surface area (Å²) in [6.07, 6.45) is 0. The minimum absolute atomic E-state index is 0.0873. The largest absolute Gasteiger partial charge is 0.467 e. The van der Waals surface area contributed by atoms with Gasteiger partial charge in [0.2, 0.25) is 5.95 Å². The standard InChI is InChI=1S/C10H11FN2O3/c1-6(10(15)16-2)12-9(14)7-4-3-5-8(11)13-7/h3-6H,1-2H3,(H,12,14). The van der Waals surface area contributed by atoms with Gasteiger partial charge < -0.3 is 10.1 Å². The molecule has 0 aliphatic carbocycles. The SMILES string of the molecule is COC(=O)C(C)NC(=O)c1cccc(F)n1. The Labute approximate surface area is 91.6 Å². The smallest absolute Gasteiger partial charge is 0.328 e. The van der Waals surface area contributed by atoms with E-state index in [0.717, 1.165) is 6.07 Å². The topological polar surface area (TPSA) is 68.3 Å². The molecule has 0 aromatic carbocycles. The number of ether oxygens (including phenoxy) is 1. The van der Waals surface area contributed by atoms with Gasteiger partial charge in [-0.3, -0.25) is 4.79 Å². The van der Waals surface area contributed by atoms with Gasteiger partial charge in [-0.25, -0.2) is 9.78 Å². The van der Waals surface area contributed by atoms with E-state index in [-0.39, 0.29) is 5.69 Å². The van der Waals surface area contributed by atoms with E-state index in [1.807, 2.05) is 0 Å². The van der Waals surface area contributed by atoms with Crippen LogP contribution in [0.1, 0.15) is 17.4 Å². The van der Waals surface area contributed by atoms with Crippen LogP contribution in [-0.2, 0) is 9.53 Å². The summed E-state index contributed by atoms with van der Waals surface area (Å²) in [7, 11) is 1.21. The Kier molecular flexibility index (Phi) is 3.93. The summed E-state index contributed by atoms with van der Waals surface area (Å²) in [4.78, 5) is 25.9. The lowest BCUT2D eigenvalue weighted by Gasteiger charge is -2.10. The molecule has 1 atom stereocenters. The van der Waals surface area contributed by atoms with Crippen molar-refractivity contribution < 1.29 is 18.7 Å². The third-order valence-electron chi connectivity index (χ3n) is 1.85. The lowest BCUT2D eigenvalue weighted by Crippen LogP contribution is -2.39. The molecule has 1 heterocycles. The summed E-state index contributed by atoms with van der Waals surface area (Å²) in [5, 5.41) is 2.33. The summed E-state index contributed by atoms with van der Waals surface area (Å²) >= 11 is 0. The quantitative estimate of drug-likeness (QED) is 0.602. The van der Waals surface area contributed by atoms with Crippen molar-refractivity contribution >= 4 is 11.9 Å². The number of carbonyl (C=O) groups is 2. The zero-order valence-corrected chi connectivity index (χ0v) is 8.86. The van der Waals surface area contributed by atoms with E-state index >= 15 is 0 Å². The Bertz CT molecular complexity index is 409. The summed E-state index contributed by atoms with van der Waals surface area (Å²) in [6.45, 7) is 1.46. The monoisotopic (exact) mass is 226 g/mol. The molecule has 0 aliphatic heterocycles. The minimum atomic E-state index is -0.803. The normalized spacial score (nSPS) is 11.7. The number of esters is 1. The van der Waals surface area contributed by atoms with E-state index in [9.17, 15) is 14.0 Å². The molecule has 1 aromatic heterocycles. The van der Waals surface area contributed by atoms with Gasteiger partial charge in [-0.15, -0.1) is 0 Å². The van der Waals surface area contributed by atoms with Gasteiger partial charge in [0.15, 0.2) is 0 Å². The number of hydrogen-bond donors (Lipinski definition) is 1. The van der Waals surface area contributed by atoms with Crippen LogP contribution in [0.4, 0.5) is 4.39 Å². The second-order valence-corrected chi connectivity index (χ2v) is 3.06. The number of carbonyl (C=O) groups excluding carboxylic acids is 2. The van der Waals surface area contributed by atoms with Crippen LogP contribution in [0.3, 0.4) is 0 Å². The molecular formula is C10H11FN2O3. The Morgan fingerprint density at radius 2 is 2.19 bits per heavy atom. The molecule has 0 bridgehead atoms. The molecule has 86 valence electrons. The predicted octanol–water partition coefficient (Wildman–Crippen LogP) is 0.512. The maximum atomic E-state index is 12.7. The van der Waals surface area contributed by atoms with E-state index in [4.69, 9.17) is 0 Å². The number of rotatable bonds is 3. The van der Waals surface area contributed by atoms with Gasteiger partial charge >= 0.3 is 5.97 Å². The highest BCUT2D eigenvalue weighted by Crippen LogP contribution is 1.98. The number of methoxy groups -OCH3 is 1. The van der Waals surface area contributed by atoms with Crippen molar-refractivity contribution in [1.82, 2.24) is 10.3 Å². The van der Waals surface area contributed by atoms with Gasteiger partial charge in [0, 0.05) is 0 Å². The fourth-order valence-corrected chi connectivity index (χ4v) is 1.04. The van der Waals surface area contributed by atoms with Crippen molar-refractivity contribution in [2.75, 3.05) is 7.11 Å². The van der Waals surface area contributed by atoms with E-state index in [1.54, 1.807) is 0 Å². The van der Waals surface area contributed by atoms with Gasteiger partial charge in [-0.05, 0) is 19.1 Å². The number of nitrogens with one attached hydrogen (secondary N) is 1. The average molecular weight is 226 g/mol. The molecule has 0 fully saturated rings. The molecule has 0 aliphatic rings. The highest BCUT2D eigenvalue weighted by Gasteiger charge is 2.17. The fraction of sp³-hybridized carbons (Fsp3) is 0.300. The molecule has 0 saturated heterocycles. The molecule has 1 amide bonds. The van der Waals surface area contributed by atoms with Crippen LogP contribution in [-0.4, -0.2) is 30.0 Å². The summed E-state index contributed by atoms with van der Waals surface area (Å²) < 4.78 is 17.1. The van der Waals surface area contributed by atoms with Crippen LogP contribution in [0.2, 0.25) is 0 Å². The zero-order valence-electron chi connectivity index (χ0n) is 8.86. The third-order valence-corrected chi connectivity index (χ3v) is 1.85. The van der Waals surface area contributed by atoms with E-state index in [2.05, 4.69) is 15.0 Å². The van der Waals surface area contributed by atoms with Crippen LogP contribution >= 0.6 is 0 Å². The maximum Gasteiger partial charge on any atom is 0.328 e. The van der Waals surface area contributed by atoms with Gasteiger partial charge in [0.25, 0.3) is 5.91 Å². The number of hydrogen-bond acceptors (Lipinski definition) is 4. The lowest BCUT2D eigenvalue weighted by molar-refractivity contribution is -0.142. The number of amides is 1. The van der Waals surface area contributed by atoms with Gasteiger partial charge in [0.1, 0.15) is 11.7 Å². The molecule has 0 radical (unpaired) electrons. The molecule has 1 aromatic rings. The van der Waals surface area contributed by atoms with Gasteiger partial charge in [-0.1, -0.05) is 6.07 Å². The first-order chi connectivity index (χ1) is 7.54. The first-order valence-corrected chi connectivity index (χ1v) is 4.56. The summed E-state index contributed by atoms with van der Waals surface area (Å²) in [6, 6.07) is 3.03. The first kappa shape index (κ1) is 12.1. The van der Waals surface area contributed by atoms with Crippen molar-refractivity contribution in [3.05, 3.63) is 29.8 Å². The Balaban J connectivity index is 2.69. The van der Waals surface area contributed by atoms with Crippen LogP contribution in [0, 0.1) is 5.95 Å². The van der Waals surface area contributed by atoms with Crippen LogP contribution < -0.4 is 5.32 Å². The molecular weight excluding hydrogens is 215 g/mol. The Morgan fingerprint density at radius 3 is 2.75 bits per heavy atom. The highest BCUT2D eigenvalue weighted by atomic mass is 19.1. The van der Waals surface area contributed by atoms with Crippen molar-refractivity contribution in [1.29, 1.82) is 0 Å². The number of halogens is 1. The number of pyridine rings is 1. The molecule has 1 rings (SSSR count). The maximum absolute atomic E-state index is 12.7. The Hall–Kier alpha value is -1.98. The van der Waals surface area contributed by atoms with Crippen LogP contribution in [0.5, 0.6) is 0 Å². The zero-order chi connectivity index (χ0) is 12.1.